The predicted molar refractivity (Wildman–Crippen MR) is 59.6 cm³/mol. The number of anilines is 1. The Morgan fingerprint density at radius 3 is 2.93 bits per heavy atom. The molecule has 1 aromatic carbocycles. The summed E-state index contributed by atoms with van der Waals surface area (Å²) in [6.07, 6.45) is 6.26. The van der Waals surface area contributed by atoms with Crippen LogP contribution in [0.3, 0.4) is 0 Å². The molecule has 1 nitrogen and oxygen atoms in total. The van der Waals surface area contributed by atoms with E-state index in [0.29, 0.717) is 0 Å². The summed E-state index contributed by atoms with van der Waals surface area (Å²) in [5, 5.41) is 0. The van der Waals surface area contributed by atoms with E-state index in [1.165, 1.54) is 48.8 Å². The molecule has 0 heterocycles. The fraction of sp³-hybridized carbons (Fsp3) is 0.538. The van der Waals surface area contributed by atoms with E-state index in [1.807, 2.05) is 0 Å². The summed E-state index contributed by atoms with van der Waals surface area (Å²) >= 11 is 0. The van der Waals surface area contributed by atoms with Gasteiger partial charge in [-0.15, -0.1) is 0 Å². The van der Waals surface area contributed by atoms with Crippen molar-refractivity contribution in [3.05, 3.63) is 28.3 Å². The Labute approximate surface area is 85.3 Å². The molecule has 3 rings (SSSR count). The molecule has 1 aromatic rings. The number of fused-ring (bicyclic) bond motifs is 2. The van der Waals surface area contributed by atoms with Gasteiger partial charge in [-0.3, -0.25) is 0 Å². The molecule has 0 saturated carbocycles. The largest absolute Gasteiger partial charge is 0.398 e. The van der Waals surface area contributed by atoms with E-state index in [-0.39, 0.29) is 0 Å². The van der Waals surface area contributed by atoms with Crippen LogP contribution >= 0.6 is 0 Å². The molecule has 2 aliphatic carbocycles. The van der Waals surface area contributed by atoms with Crippen LogP contribution in [0.5, 0.6) is 0 Å². The van der Waals surface area contributed by atoms with E-state index < -0.39 is 0 Å². The lowest BCUT2D eigenvalue weighted by Crippen LogP contribution is -2.00. The van der Waals surface area contributed by atoms with Gasteiger partial charge in [0.2, 0.25) is 0 Å². The van der Waals surface area contributed by atoms with Crippen LogP contribution in [0.4, 0.5) is 5.69 Å². The number of aryl methyl sites for hydroxylation is 1. The van der Waals surface area contributed by atoms with Crippen molar-refractivity contribution < 1.29 is 0 Å². The lowest BCUT2D eigenvalue weighted by molar-refractivity contribution is 0.746. The zero-order chi connectivity index (χ0) is 9.71. The highest BCUT2D eigenvalue weighted by Crippen LogP contribution is 2.41. The molecule has 74 valence electrons. The van der Waals surface area contributed by atoms with E-state index in [2.05, 4.69) is 13.0 Å². The molecule has 0 radical (unpaired) electrons. The lowest BCUT2D eigenvalue weighted by atomic mass is 9.96. The molecule has 0 bridgehead atoms. The van der Waals surface area contributed by atoms with Crippen LogP contribution in [0.2, 0.25) is 0 Å². The molecule has 1 unspecified atom stereocenters. The topological polar surface area (TPSA) is 26.0 Å². The predicted octanol–water partition coefficient (Wildman–Crippen LogP) is 2.81. The molecule has 0 aromatic heterocycles. The summed E-state index contributed by atoms with van der Waals surface area (Å²) < 4.78 is 0. The molecule has 0 amide bonds. The molecular formula is C13H17N. The summed E-state index contributed by atoms with van der Waals surface area (Å²) in [7, 11) is 0. The van der Waals surface area contributed by atoms with Crippen LogP contribution in [-0.2, 0) is 19.3 Å². The maximum atomic E-state index is 6.25. The minimum atomic E-state index is 0.734. The second-order valence-electron chi connectivity index (χ2n) is 4.79. The van der Waals surface area contributed by atoms with E-state index in [1.54, 1.807) is 5.56 Å². The van der Waals surface area contributed by atoms with Crippen molar-refractivity contribution in [3.63, 3.8) is 0 Å². The van der Waals surface area contributed by atoms with Crippen molar-refractivity contribution in [3.8, 4) is 0 Å². The summed E-state index contributed by atoms with van der Waals surface area (Å²) in [6.45, 7) is 2.33. The summed E-state index contributed by atoms with van der Waals surface area (Å²) in [6, 6.07) is 2.44. The first-order valence-electron chi connectivity index (χ1n) is 5.70. The number of hydrogen-bond acceptors (Lipinski definition) is 1. The first kappa shape index (κ1) is 8.34. The normalized spacial score (nSPS) is 23.6. The Hall–Kier alpha value is -0.980. The SMILES string of the molecule is CC1CCc2c1cc1c(c2N)CCC1. The Bertz CT molecular complexity index is 393. The van der Waals surface area contributed by atoms with Gasteiger partial charge < -0.3 is 5.73 Å². The van der Waals surface area contributed by atoms with Crippen LogP contribution in [0.25, 0.3) is 0 Å². The van der Waals surface area contributed by atoms with Crippen molar-refractivity contribution in [2.45, 2.75) is 44.9 Å². The van der Waals surface area contributed by atoms with Gasteiger partial charge >= 0.3 is 0 Å². The molecule has 0 fully saturated rings. The maximum Gasteiger partial charge on any atom is 0.0384 e. The van der Waals surface area contributed by atoms with Gasteiger partial charge in [0.1, 0.15) is 0 Å². The number of nitrogen functional groups attached to an aromatic ring is 1. The van der Waals surface area contributed by atoms with Gasteiger partial charge in [-0.2, -0.15) is 0 Å². The van der Waals surface area contributed by atoms with Crippen LogP contribution in [-0.4, -0.2) is 0 Å². The second-order valence-corrected chi connectivity index (χ2v) is 4.79. The van der Waals surface area contributed by atoms with Crippen molar-refractivity contribution in [1.82, 2.24) is 0 Å². The third kappa shape index (κ3) is 0.956. The molecular weight excluding hydrogens is 170 g/mol. The van der Waals surface area contributed by atoms with Crippen LogP contribution in [0, 0.1) is 0 Å². The fourth-order valence-electron chi connectivity index (χ4n) is 3.08. The van der Waals surface area contributed by atoms with Gasteiger partial charge in [-0.25, -0.2) is 0 Å². The Kier molecular flexibility index (Phi) is 1.64. The molecule has 0 spiro atoms. The van der Waals surface area contributed by atoms with E-state index in [0.717, 1.165) is 11.6 Å². The Morgan fingerprint density at radius 1 is 1.21 bits per heavy atom. The highest BCUT2D eigenvalue weighted by molar-refractivity contribution is 5.63. The molecule has 0 aliphatic heterocycles. The molecule has 1 heteroatoms. The zero-order valence-corrected chi connectivity index (χ0v) is 8.77. The standard InChI is InChI=1S/C13H17N/c1-8-5-6-11-12(8)7-9-3-2-4-10(9)13(11)14/h7-8H,2-6,14H2,1H3. The van der Waals surface area contributed by atoms with E-state index in [4.69, 9.17) is 5.73 Å². The first-order chi connectivity index (χ1) is 6.77. The number of hydrogen-bond donors (Lipinski definition) is 1. The quantitative estimate of drug-likeness (QED) is 0.621. The molecule has 1 atom stereocenters. The Morgan fingerprint density at radius 2 is 2.07 bits per heavy atom. The van der Waals surface area contributed by atoms with E-state index in [9.17, 15) is 0 Å². The van der Waals surface area contributed by atoms with E-state index >= 15 is 0 Å². The van der Waals surface area contributed by atoms with Gasteiger partial charge in [-0.1, -0.05) is 13.0 Å². The maximum absolute atomic E-state index is 6.25. The monoisotopic (exact) mass is 187 g/mol. The second kappa shape index (κ2) is 2.75. The van der Waals surface area contributed by atoms with Gasteiger partial charge in [0, 0.05) is 5.69 Å². The highest BCUT2D eigenvalue weighted by atomic mass is 14.6. The minimum Gasteiger partial charge on any atom is -0.398 e. The smallest absolute Gasteiger partial charge is 0.0384 e. The fourth-order valence-corrected chi connectivity index (χ4v) is 3.08. The van der Waals surface area contributed by atoms with Crippen LogP contribution in [0.15, 0.2) is 6.07 Å². The molecule has 0 saturated heterocycles. The zero-order valence-electron chi connectivity index (χ0n) is 8.77. The highest BCUT2D eigenvalue weighted by Gasteiger charge is 2.25. The van der Waals surface area contributed by atoms with Crippen molar-refractivity contribution in [1.29, 1.82) is 0 Å². The number of benzene rings is 1. The third-order valence-corrected chi connectivity index (χ3v) is 3.95. The average molecular weight is 187 g/mol. The lowest BCUT2D eigenvalue weighted by Gasteiger charge is -2.12. The van der Waals surface area contributed by atoms with Gasteiger partial charge in [0.25, 0.3) is 0 Å². The molecule has 14 heavy (non-hydrogen) atoms. The van der Waals surface area contributed by atoms with Crippen LogP contribution < -0.4 is 5.73 Å². The molecule has 2 aliphatic rings. The van der Waals surface area contributed by atoms with Crippen LogP contribution in [0.1, 0.15) is 47.9 Å². The number of rotatable bonds is 0. The van der Waals surface area contributed by atoms with Crippen molar-refractivity contribution in [2.75, 3.05) is 5.73 Å². The summed E-state index contributed by atoms with van der Waals surface area (Å²) in [5.41, 5.74) is 13.4. The Balaban J connectivity index is 2.24. The first-order valence-corrected chi connectivity index (χ1v) is 5.70. The summed E-state index contributed by atoms with van der Waals surface area (Å²) in [4.78, 5) is 0. The van der Waals surface area contributed by atoms with Crippen molar-refractivity contribution in [2.24, 2.45) is 0 Å². The van der Waals surface area contributed by atoms with Crippen molar-refractivity contribution >= 4 is 5.69 Å². The summed E-state index contributed by atoms with van der Waals surface area (Å²) in [5.74, 6) is 0.734. The minimum absolute atomic E-state index is 0.734. The average Bonchev–Trinajstić information content (AvgIpc) is 2.75. The van der Waals surface area contributed by atoms with Gasteiger partial charge in [-0.05, 0) is 60.3 Å². The third-order valence-electron chi connectivity index (χ3n) is 3.95. The number of nitrogens with two attached hydrogens (primary N) is 1. The molecule has 2 N–H and O–H groups in total. The van der Waals surface area contributed by atoms with Gasteiger partial charge in [0.15, 0.2) is 0 Å². The van der Waals surface area contributed by atoms with Gasteiger partial charge in [0.05, 0.1) is 0 Å².